The Morgan fingerprint density at radius 3 is 2.64 bits per heavy atom. The number of nitrogen functional groups attached to an aromatic ring is 1. The van der Waals surface area contributed by atoms with Gasteiger partial charge >= 0.3 is 0 Å². The molecule has 11 heavy (non-hydrogen) atoms. The average Bonchev–Trinajstić information content (AvgIpc) is 1.99. The van der Waals surface area contributed by atoms with E-state index in [9.17, 15) is 0 Å². The number of hydrogen-bond donors (Lipinski definition) is 2. The van der Waals surface area contributed by atoms with Crippen LogP contribution in [0.5, 0.6) is 0 Å². The Hall–Kier alpha value is -0.480. The maximum Gasteiger partial charge on any atom is 0.142 e. The predicted octanol–water partition coefficient (Wildman–Crippen LogP) is 1.45. The molecule has 0 spiro atoms. The summed E-state index contributed by atoms with van der Waals surface area (Å²) >= 11 is 9.73. The average molecular weight is 190 g/mol. The van der Waals surface area contributed by atoms with Crippen LogP contribution >= 0.6 is 24.2 Å². The smallest absolute Gasteiger partial charge is 0.142 e. The predicted molar refractivity (Wildman–Crippen MR) is 48.9 cm³/mol. The lowest BCUT2D eigenvalue weighted by atomic mass is 10.3. The van der Waals surface area contributed by atoms with Gasteiger partial charge in [0.05, 0.1) is 5.75 Å². The monoisotopic (exact) mass is 189 g/mol. The minimum absolute atomic E-state index is 0.404. The van der Waals surface area contributed by atoms with Gasteiger partial charge < -0.3 is 5.73 Å². The van der Waals surface area contributed by atoms with Crippen LogP contribution in [0.15, 0.2) is 0 Å². The molecular weight excluding hydrogens is 182 g/mol. The van der Waals surface area contributed by atoms with E-state index >= 15 is 0 Å². The number of anilines is 1. The summed E-state index contributed by atoms with van der Waals surface area (Å²) in [6, 6.07) is 0. The second-order valence-electron chi connectivity index (χ2n) is 2.10. The summed E-state index contributed by atoms with van der Waals surface area (Å²) in [4.78, 5) is 7.91. The van der Waals surface area contributed by atoms with Crippen molar-refractivity contribution in [1.82, 2.24) is 9.97 Å². The molecule has 0 aliphatic rings. The van der Waals surface area contributed by atoms with Gasteiger partial charge in [0.25, 0.3) is 0 Å². The molecule has 1 rings (SSSR count). The van der Waals surface area contributed by atoms with Crippen LogP contribution in [0.3, 0.4) is 0 Å². The Morgan fingerprint density at radius 2 is 2.18 bits per heavy atom. The summed E-state index contributed by atoms with van der Waals surface area (Å²) < 4.78 is 0. The van der Waals surface area contributed by atoms with E-state index in [1.807, 2.05) is 0 Å². The first-order valence-electron chi connectivity index (χ1n) is 3.04. The molecule has 0 aliphatic heterocycles. The van der Waals surface area contributed by atoms with Crippen LogP contribution in [0, 0.1) is 6.92 Å². The number of aromatic nitrogens is 2. The van der Waals surface area contributed by atoms with Gasteiger partial charge in [-0.05, 0) is 6.92 Å². The molecule has 0 aliphatic carbocycles. The number of rotatable bonds is 1. The van der Waals surface area contributed by atoms with Crippen molar-refractivity contribution in [2.75, 3.05) is 5.73 Å². The van der Waals surface area contributed by atoms with Gasteiger partial charge in [-0.25, -0.2) is 9.97 Å². The first-order valence-corrected chi connectivity index (χ1v) is 4.05. The second kappa shape index (κ2) is 3.28. The summed E-state index contributed by atoms with van der Waals surface area (Å²) in [7, 11) is 0. The topological polar surface area (TPSA) is 51.8 Å². The van der Waals surface area contributed by atoms with Crippen molar-refractivity contribution in [3.8, 4) is 0 Å². The maximum atomic E-state index is 5.73. The van der Waals surface area contributed by atoms with Crippen molar-refractivity contribution in [3.63, 3.8) is 0 Å². The van der Waals surface area contributed by atoms with E-state index in [0.29, 0.717) is 22.5 Å². The van der Waals surface area contributed by atoms with Gasteiger partial charge in [-0.15, -0.1) is 0 Å². The molecule has 0 saturated heterocycles. The van der Waals surface area contributed by atoms with Gasteiger partial charge in [-0.2, -0.15) is 12.6 Å². The number of nitrogens with two attached hydrogens (primary N) is 1. The quantitative estimate of drug-likeness (QED) is 0.520. The van der Waals surface area contributed by atoms with Gasteiger partial charge in [0.1, 0.15) is 16.8 Å². The normalized spacial score (nSPS) is 10.1. The van der Waals surface area contributed by atoms with Gasteiger partial charge in [0.2, 0.25) is 0 Å². The zero-order chi connectivity index (χ0) is 8.43. The van der Waals surface area contributed by atoms with Crippen LogP contribution in [0.1, 0.15) is 11.4 Å². The summed E-state index contributed by atoms with van der Waals surface area (Å²) in [5.74, 6) is 1.43. The molecule has 0 amide bonds. The Morgan fingerprint density at radius 1 is 1.55 bits per heavy atom. The Bertz CT molecular complexity index is 254. The van der Waals surface area contributed by atoms with Crippen LogP contribution in [0.2, 0.25) is 5.15 Å². The van der Waals surface area contributed by atoms with Crippen molar-refractivity contribution in [2.24, 2.45) is 0 Å². The second-order valence-corrected chi connectivity index (χ2v) is 2.77. The number of nitrogens with zero attached hydrogens (tertiary/aromatic N) is 2. The molecule has 1 aromatic rings. The van der Waals surface area contributed by atoms with E-state index in [0.717, 1.165) is 5.56 Å². The lowest BCUT2D eigenvalue weighted by Crippen LogP contribution is -2.01. The van der Waals surface area contributed by atoms with E-state index in [4.69, 9.17) is 17.3 Å². The molecule has 1 heterocycles. The Kier molecular flexibility index (Phi) is 2.57. The van der Waals surface area contributed by atoms with Crippen molar-refractivity contribution in [3.05, 3.63) is 16.5 Å². The van der Waals surface area contributed by atoms with Crippen molar-refractivity contribution >= 4 is 30.0 Å². The van der Waals surface area contributed by atoms with Gasteiger partial charge in [0, 0.05) is 5.56 Å². The Labute approximate surface area is 75.4 Å². The lowest BCUT2D eigenvalue weighted by molar-refractivity contribution is 1.03. The van der Waals surface area contributed by atoms with Gasteiger partial charge in [0.15, 0.2) is 0 Å². The fraction of sp³-hybridized carbons (Fsp3) is 0.333. The lowest BCUT2D eigenvalue weighted by Gasteiger charge is -2.02. The molecule has 0 saturated carbocycles. The number of hydrogen-bond acceptors (Lipinski definition) is 4. The van der Waals surface area contributed by atoms with E-state index in [1.54, 1.807) is 6.92 Å². The van der Waals surface area contributed by atoms with E-state index < -0.39 is 0 Å². The summed E-state index contributed by atoms with van der Waals surface area (Å²) in [5.41, 5.74) is 6.25. The molecule has 1 aromatic heterocycles. The molecule has 5 heteroatoms. The molecule has 0 atom stereocenters. The SMILES string of the molecule is Cc1c(N)nc(CS)nc1Cl. The molecule has 0 radical (unpaired) electrons. The third-order valence-electron chi connectivity index (χ3n) is 1.31. The van der Waals surface area contributed by atoms with Crippen LogP contribution in [-0.2, 0) is 5.75 Å². The highest BCUT2D eigenvalue weighted by atomic mass is 35.5. The summed E-state index contributed by atoms with van der Waals surface area (Å²) in [6.45, 7) is 1.78. The minimum atomic E-state index is 0.404. The largest absolute Gasteiger partial charge is 0.383 e. The first kappa shape index (κ1) is 8.62. The van der Waals surface area contributed by atoms with E-state index in [1.165, 1.54) is 0 Å². The molecule has 3 nitrogen and oxygen atoms in total. The Balaban J connectivity index is 3.21. The van der Waals surface area contributed by atoms with Gasteiger partial charge in [-0.1, -0.05) is 11.6 Å². The summed E-state index contributed by atoms with van der Waals surface area (Å²) in [6.07, 6.45) is 0. The van der Waals surface area contributed by atoms with Crippen molar-refractivity contribution in [1.29, 1.82) is 0 Å². The maximum absolute atomic E-state index is 5.73. The molecule has 2 N–H and O–H groups in total. The number of thiol groups is 1. The standard InChI is InChI=1S/C6H8ClN3S/c1-3-5(7)9-4(2-11)10-6(3)8/h11H,2H2,1H3,(H2,8,9,10). The molecule has 0 fully saturated rings. The van der Waals surface area contributed by atoms with Crippen molar-refractivity contribution < 1.29 is 0 Å². The highest BCUT2D eigenvalue weighted by Gasteiger charge is 2.04. The number of halogens is 1. The zero-order valence-electron chi connectivity index (χ0n) is 6.00. The van der Waals surface area contributed by atoms with E-state index in [-0.39, 0.29) is 0 Å². The van der Waals surface area contributed by atoms with E-state index in [2.05, 4.69) is 22.6 Å². The van der Waals surface area contributed by atoms with Gasteiger partial charge in [-0.3, -0.25) is 0 Å². The minimum Gasteiger partial charge on any atom is -0.383 e. The first-order chi connectivity index (χ1) is 5.15. The molecule has 0 aromatic carbocycles. The molecular formula is C6H8ClN3S. The highest BCUT2D eigenvalue weighted by molar-refractivity contribution is 7.79. The van der Waals surface area contributed by atoms with Crippen LogP contribution in [-0.4, -0.2) is 9.97 Å². The third kappa shape index (κ3) is 1.75. The molecule has 0 bridgehead atoms. The van der Waals surface area contributed by atoms with Crippen molar-refractivity contribution in [2.45, 2.75) is 12.7 Å². The zero-order valence-corrected chi connectivity index (χ0v) is 7.65. The van der Waals surface area contributed by atoms with Crippen LogP contribution in [0.4, 0.5) is 5.82 Å². The summed E-state index contributed by atoms with van der Waals surface area (Å²) in [5, 5.41) is 0.404. The fourth-order valence-corrected chi connectivity index (χ4v) is 0.957. The fourth-order valence-electron chi connectivity index (χ4n) is 0.621. The van der Waals surface area contributed by atoms with Crippen LogP contribution < -0.4 is 5.73 Å². The van der Waals surface area contributed by atoms with Crippen LogP contribution in [0.25, 0.3) is 0 Å². The molecule has 0 unspecified atom stereocenters. The molecule has 60 valence electrons. The third-order valence-corrected chi connectivity index (χ3v) is 1.96. The highest BCUT2D eigenvalue weighted by Crippen LogP contribution is 2.17.